The number of piperidine rings is 1. The summed E-state index contributed by atoms with van der Waals surface area (Å²) in [6, 6.07) is 6.69. The third kappa shape index (κ3) is 5.27. The smallest absolute Gasteiger partial charge is 0.254 e. The number of amides is 2. The maximum absolute atomic E-state index is 13.7. The molecule has 8 nitrogen and oxygen atoms in total. The van der Waals surface area contributed by atoms with Gasteiger partial charge in [-0.05, 0) is 74.1 Å². The van der Waals surface area contributed by atoms with Gasteiger partial charge in [-0.2, -0.15) is 0 Å². The standard InChI is InChI=1S/C27H36N4O4/c1-18-8-13-31(14-9-18)12-6-11-29-26(32)24-20-15-22(34-3)23(35-4)16-21(20)27(33)30(2)25(24)19-7-5-10-28-17-19/h5,7,10,15-18,24-25H,6,8-9,11-14H2,1-4H3,(H,29,32)/t24-,25-/m1/s1. The highest BCUT2D eigenvalue weighted by atomic mass is 16.5. The number of hydrogen-bond donors (Lipinski definition) is 1. The summed E-state index contributed by atoms with van der Waals surface area (Å²) in [6.07, 6.45) is 6.77. The van der Waals surface area contributed by atoms with Gasteiger partial charge in [-0.3, -0.25) is 14.6 Å². The van der Waals surface area contributed by atoms with Gasteiger partial charge in [-0.25, -0.2) is 0 Å². The van der Waals surface area contributed by atoms with E-state index in [1.807, 2.05) is 12.1 Å². The molecule has 2 amide bonds. The van der Waals surface area contributed by atoms with E-state index in [0.29, 0.717) is 29.2 Å². The zero-order chi connectivity index (χ0) is 24.9. The number of hydrogen-bond acceptors (Lipinski definition) is 6. The molecule has 2 aromatic rings. The third-order valence-electron chi connectivity index (χ3n) is 7.31. The van der Waals surface area contributed by atoms with E-state index in [1.165, 1.54) is 20.0 Å². The second-order valence-corrected chi connectivity index (χ2v) is 9.59. The van der Waals surface area contributed by atoms with Crippen LogP contribution in [0.3, 0.4) is 0 Å². The van der Waals surface area contributed by atoms with Crippen molar-refractivity contribution in [1.29, 1.82) is 0 Å². The van der Waals surface area contributed by atoms with Crippen LogP contribution in [0.1, 0.15) is 59.6 Å². The second kappa shape index (κ2) is 11.1. The average Bonchev–Trinajstić information content (AvgIpc) is 2.89. The Morgan fingerprint density at radius 3 is 2.54 bits per heavy atom. The molecule has 35 heavy (non-hydrogen) atoms. The van der Waals surface area contributed by atoms with Crippen LogP contribution in [0.15, 0.2) is 36.7 Å². The summed E-state index contributed by atoms with van der Waals surface area (Å²) in [7, 11) is 4.82. The minimum absolute atomic E-state index is 0.112. The van der Waals surface area contributed by atoms with Crippen LogP contribution < -0.4 is 14.8 Å². The molecule has 0 unspecified atom stereocenters. The van der Waals surface area contributed by atoms with Gasteiger partial charge in [0.1, 0.15) is 0 Å². The molecule has 1 aromatic heterocycles. The number of rotatable bonds is 8. The lowest BCUT2D eigenvalue weighted by molar-refractivity contribution is -0.124. The minimum atomic E-state index is -0.604. The maximum atomic E-state index is 13.7. The Balaban J connectivity index is 1.59. The van der Waals surface area contributed by atoms with Gasteiger partial charge >= 0.3 is 0 Å². The quantitative estimate of drug-likeness (QED) is 0.584. The monoisotopic (exact) mass is 480 g/mol. The maximum Gasteiger partial charge on any atom is 0.254 e. The number of ether oxygens (including phenoxy) is 2. The van der Waals surface area contributed by atoms with Crippen LogP contribution in [-0.2, 0) is 4.79 Å². The molecule has 8 heteroatoms. The molecule has 3 heterocycles. The number of fused-ring (bicyclic) bond motifs is 1. The van der Waals surface area contributed by atoms with Gasteiger partial charge in [0.25, 0.3) is 5.91 Å². The van der Waals surface area contributed by atoms with Crippen LogP contribution >= 0.6 is 0 Å². The van der Waals surface area contributed by atoms with Crippen molar-refractivity contribution in [3.8, 4) is 11.5 Å². The molecule has 2 atom stereocenters. The van der Waals surface area contributed by atoms with Crippen molar-refractivity contribution >= 4 is 11.8 Å². The molecule has 188 valence electrons. The topological polar surface area (TPSA) is 84.0 Å². The van der Waals surface area contributed by atoms with Gasteiger partial charge in [0, 0.05) is 31.5 Å². The molecule has 4 rings (SSSR count). The van der Waals surface area contributed by atoms with E-state index < -0.39 is 12.0 Å². The van der Waals surface area contributed by atoms with Crippen LogP contribution in [0, 0.1) is 5.92 Å². The van der Waals surface area contributed by atoms with E-state index in [0.717, 1.165) is 37.5 Å². The first-order valence-electron chi connectivity index (χ1n) is 12.4. The van der Waals surface area contributed by atoms with Gasteiger partial charge in [0.05, 0.1) is 26.2 Å². The lowest BCUT2D eigenvalue weighted by Crippen LogP contribution is -2.46. The van der Waals surface area contributed by atoms with Gasteiger partial charge < -0.3 is 24.6 Å². The second-order valence-electron chi connectivity index (χ2n) is 9.59. The number of nitrogens with zero attached hydrogens (tertiary/aromatic N) is 3. The van der Waals surface area contributed by atoms with E-state index in [9.17, 15) is 9.59 Å². The summed E-state index contributed by atoms with van der Waals surface area (Å²) in [6.45, 7) is 6.13. The number of carbonyl (C=O) groups excluding carboxylic acids is 2. The van der Waals surface area contributed by atoms with E-state index in [2.05, 4.69) is 22.1 Å². The SMILES string of the molecule is COc1cc2c(cc1OC)[C@@H](C(=O)NCCCN1CCC(C)CC1)[C@@H](c1cccnc1)N(C)C2=O. The highest BCUT2D eigenvalue weighted by Gasteiger charge is 2.43. The van der Waals surface area contributed by atoms with Crippen LogP contribution in [0.2, 0.25) is 0 Å². The Morgan fingerprint density at radius 1 is 1.17 bits per heavy atom. The van der Waals surface area contributed by atoms with Crippen LogP contribution in [0.4, 0.5) is 0 Å². The Kier molecular flexibility index (Phi) is 7.90. The molecule has 1 aromatic carbocycles. The highest BCUT2D eigenvalue weighted by molar-refractivity contribution is 6.02. The molecule has 0 saturated carbocycles. The van der Waals surface area contributed by atoms with Crippen LogP contribution in [-0.4, -0.2) is 74.0 Å². The van der Waals surface area contributed by atoms with Crippen molar-refractivity contribution < 1.29 is 19.1 Å². The summed E-state index contributed by atoms with van der Waals surface area (Å²) in [5.74, 6) is 0.871. The Labute approximate surface area is 207 Å². The lowest BCUT2D eigenvalue weighted by atomic mass is 9.79. The van der Waals surface area contributed by atoms with Crippen molar-refractivity contribution in [3.63, 3.8) is 0 Å². The molecule has 1 N–H and O–H groups in total. The number of aromatic nitrogens is 1. The summed E-state index contributed by atoms with van der Waals surface area (Å²) >= 11 is 0. The summed E-state index contributed by atoms with van der Waals surface area (Å²) in [4.78, 5) is 35.4. The van der Waals surface area contributed by atoms with Gasteiger partial charge in [-0.1, -0.05) is 13.0 Å². The number of likely N-dealkylation sites (tertiary alicyclic amines) is 1. The first-order valence-corrected chi connectivity index (χ1v) is 12.4. The first-order chi connectivity index (χ1) is 16.9. The van der Waals surface area contributed by atoms with Crippen molar-refractivity contribution in [2.24, 2.45) is 5.92 Å². The Bertz CT molecular complexity index is 1040. The first kappa shape index (κ1) is 25.0. The van der Waals surface area contributed by atoms with Gasteiger partial charge in [0.2, 0.25) is 5.91 Å². The van der Waals surface area contributed by atoms with E-state index in [-0.39, 0.29) is 11.8 Å². The molecule has 0 spiro atoms. The largest absolute Gasteiger partial charge is 0.493 e. The summed E-state index contributed by atoms with van der Waals surface area (Å²) < 4.78 is 10.9. The Hall–Kier alpha value is -3.13. The predicted octanol–water partition coefficient (Wildman–Crippen LogP) is 3.25. The van der Waals surface area contributed by atoms with Gasteiger partial charge in [0.15, 0.2) is 11.5 Å². The van der Waals surface area contributed by atoms with Crippen molar-refractivity contribution in [1.82, 2.24) is 20.1 Å². The fourth-order valence-corrected chi connectivity index (χ4v) is 5.21. The fraction of sp³-hybridized carbons (Fsp3) is 0.519. The van der Waals surface area contributed by atoms with Crippen molar-refractivity contribution in [2.75, 3.05) is 47.4 Å². The molecule has 0 bridgehead atoms. The zero-order valence-corrected chi connectivity index (χ0v) is 21.1. The van der Waals surface area contributed by atoms with Gasteiger partial charge in [-0.15, -0.1) is 0 Å². The third-order valence-corrected chi connectivity index (χ3v) is 7.31. The molecule has 2 aliphatic rings. The number of carbonyl (C=O) groups is 2. The molecule has 0 aliphatic carbocycles. The predicted molar refractivity (Wildman–Crippen MR) is 134 cm³/mol. The van der Waals surface area contributed by atoms with Crippen molar-refractivity contribution in [2.45, 2.75) is 38.1 Å². The molecule has 2 aliphatic heterocycles. The number of methoxy groups -OCH3 is 2. The lowest BCUT2D eigenvalue weighted by Gasteiger charge is -2.40. The number of pyridine rings is 1. The normalized spacial score (nSPS) is 20.9. The van der Waals surface area contributed by atoms with E-state index in [1.54, 1.807) is 43.6 Å². The molecular formula is C27H36N4O4. The average molecular weight is 481 g/mol. The van der Waals surface area contributed by atoms with Crippen LogP contribution in [0.25, 0.3) is 0 Å². The zero-order valence-electron chi connectivity index (χ0n) is 21.1. The minimum Gasteiger partial charge on any atom is -0.493 e. The highest BCUT2D eigenvalue weighted by Crippen LogP contribution is 2.45. The Morgan fingerprint density at radius 2 is 1.89 bits per heavy atom. The molecule has 0 radical (unpaired) electrons. The fourth-order valence-electron chi connectivity index (χ4n) is 5.21. The van der Waals surface area contributed by atoms with Crippen molar-refractivity contribution in [3.05, 3.63) is 53.3 Å². The van der Waals surface area contributed by atoms with E-state index in [4.69, 9.17) is 9.47 Å². The van der Waals surface area contributed by atoms with E-state index >= 15 is 0 Å². The number of likely N-dealkylation sites (N-methyl/N-ethyl adjacent to an activating group) is 1. The van der Waals surface area contributed by atoms with Crippen LogP contribution in [0.5, 0.6) is 11.5 Å². The summed E-state index contributed by atoms with van der Waals surface area (Å²) in [5.41, 5.74) is 1.90. The molecular weight excluding hydrogens is 444 g/mol. The summed E-state index contributed by atoms with van der Waals surface area (Å²) in [5, 5.41) is 3.15. The molecule has 1 fully saturated rings. The number of benzene rings is 1. The number of nitrogens with one attached hydrogen (secondary N) is 1. The molecule has 1 saturated heterocycles.